The van der Waals surface area contributed by atoms with Crippen molar-refractivity contribution in [2.45, 2.75) is 26.3 Å². The van der Waals surface area contributed by atoms with E-state index in [2.05, 4.69) is 39.4 Å². The van der Waals surface area contributed by atoms with Crippen molar-refractivity contribution in [2.24, 2.45) is 0 Å². The predicted molar refractivity (Wildman–Crippen MR) is 103 cm³/mol. The lowest BCUT2D eigenvalue weighted by molar-refractivity contribution is 0.0947. The van der Waals surface area contributed by atoms with Crippen LogP contribution in [0.4, 0.5) is 0 Å². The highest BCUT2D eigenvalue weighted by Gasteiger charge is 2.28. The Bertz CT molecular complexity index is 737. The van der Waals surface area contributed by atoms with Crippen molar-refractivity contribution in [1.82, 2.24) is 15.1 Å². The Labute approximate surface area is 156 Å². The number of aryl methyl sites for hydroxylation is 1. The van der Waals surface area contributed by atoms with Crippen molar-refractivity contribution in [2.75, 3.05) is 40.3 Å². The van der Waals surface area contributed by atoms with Gasteiger partial charge in [-0.3, -0.25) is 9.69 Å². The molecule has 0 bridgehead atoms. The van der Waals surface area contributed by atoms with Crippen LogP contribution in [-0.2, 0) is 19.4 Å². The van der Waals surface area contributed by atoms with Crippen molar-refractivity contribution < 1.29 is 9.21 Å². The lowest BCUT2D eigenvalue weighted by atomic mass is 10.0. The summed E-state index contributed by atoms with van der Waals surface area (Å²) in [4.78, 5) is 17.1. The zero-order chi connectivity index (χ0) is 18.5. The number of benzene rings is 1. The van der Waals surface area contributed by atoms with Crippen molar-refractivity contribution in [3.8, 4) is 0 Å². The summed E-state index contributed by atoms with van der Waals surface area (Å²) in [5, 5.41) is 3.02. The van der Waals surface area contributed by atoms with E-state index in [1.54, 1.807) is 0 Å². The molecular formula is C21H29N3O2. The Morgan fingerprint density at radius 1 is 1.27 bits per heavy atom. The monoisotopic (exact) mass is 355 g/mol. The molecule has 0 unspecified atom stereocenters. The molecule has 2 heterocycles. The fourth-order valence-electron chi connectivity index (χ4n) is 3.48. The highest BCUT2D eigenvalue weighted by molar-refractivity contribution is 5.97. The highest BCUT2D eigenvalue weighted by atomic mass is 16.3. The van der Waals surface area contributed by atoms with Gasteiger partial charge in [-0.25, -0.2) is 0 Å². The zero-order valence-electron chi connectivity index (χ0n) is 16.0. The van der Waals surface area contributed by atoms with Gasteiger partial charge < -0.3 is 14.6 Å². The molecule has 1 aliphatic rings. The molecule has 2 aromatic rings. The van der Waals surface area contributed by atoms with E-state index in [0.717, 1.165) is 61.7 Å². The van der Waals surface area contributed by atoms with Gasteiger partial charge in [0.1, 0.15) is 11.5 Å². The summed E-state index contributed by atoms with van der Waals surface area (Å²) in [5.41, 5.74) is 3.16. The van der Waals surface area contributed by atoms with E-state index >= 15 is 0 Å². The number of rotatable bonds is 7. The van der Waals surface area contributed by atoms with Gasteiger partial charge in [-0.1, -0.05) is 30.3 Å². The number of nitrogens with one attached hydrogen (secondary N) is 1. The molecule has 1 aromatic carbocycles. The van der Waals surface area contributed by atoms with Crippen LogP contribution in [0.3, 0.4) is 0 Å². The van der Waals surface area contributed by atoms with Crippen LogP contribution in [0.15, 0.2) is 34.7 Å². The number of carbonyl (C=O) groups excluding carboxylic acids is 1. The smallest absolute Gasteiger partial charge is 0.255 e. The molecule has 0 radical (unpaired) electrons. The fourth-order valence-corrected chi connectivity index (χ4v) is 3.48. The van der Waals surface area contributed by atoms with Crippen LogP contribution in [0.5, 0.6) is 0 Å². The molecule has 1 amide bonds. The minimum atomic E-state index is -0.0146. The van der Waals surface area contributed by atoms with Crippen molar-refractivity contribution in [3.63, 3.8) is 0 Å². The molecule has 5 heteroatoms. The minimum Gasteiger partial charge on any atom is -0.465 e. The van der Waals surface area contributed by atoms with Crippen LogP contribution >= 0.6 is 0 Å². The summed E-state index contributed by atoms with van der Waals surface area (Å²) in [6, 6.07) is 10.5. The number of likely N-dealkylation sites (N-methyl/N-ethyl adjacent to an activating group) is 1. The second-order valence-electron chi connectivity index (χ2n) is 7.26. The third kappa shape index (κ3) is 4.54. The first-order valence-corrected chi connectivity index (χ1v) is 9.35. The molecule has 26 heavy (non-hydrogen) atoms. The molecule has 140 valence electrons. The summed E-state index contributed by atoms with van der Waals surface area (Å²) >= 11 is 0. The van der Waals surface area contributed by atoms with Gasteiger partial charge in [-0.2, -0.15) is 0 Å². The summed E-state index contributed by atoms with van der Waals surface area (Å²) in [6.45, 7) is 6.13. The molecule has 0 aliphatic carbocycles. The number of amides is 1. The maximum absolute atomic E-state index is 12.7. The quantitative estimate of drug-likeness (QED) is 0.829. The molecule has 5 nitrogen and oxygen atoms in total. The van der Waals surface area contributed by atoms with Gasteiger partial charge in [-0.15, -0.1) is 0 Å². The van der Waals surface area contributed by atoms with E-state index in [0.29, 0.717) is 6.54 Å². The average molecular weight is 355 g/mol. The SMILES string of the molecule is Cc1oc2c(c1C(=O)NCCN(C)C)CN(CCc1ccccc1)CC2. The Morgan fingerprint density at radius 2 is 2.04 bits per heavy atom. The standard InChI is InChI=1S/C21H29N3O2/c1-16-20(21(25)22-11-14-23(2)3)18-15-24(13-10-19(18)26-16)12-9-17-7-5-4-6-8-17/h4-8H,9-15H2,1-3H3,(H,22,25). The predicted octanol–water partition coefficient (Wildman–Crippen LogP) is 2.48. The Morgan fingerprint density at radius 3 is 2.77 bits per heavy atom. The average Bonchev–Trinajstić information content (AvgIpc) is 2.95. The molecule has 3 rings (SSSR count). The molecule has 0 atom stereocenters. The van der Waals surface area contributed by atoms with Crippen LogP contribution < -0.4 is 5.32 Å². The Kier molecular flexibility index (Phi) is 6.12. The van der Waals surface area contributed by atoms with E-state index in [9.17, 15) is 4.79 Å². The Balaban J connectivity index is 1.64. The molecule has 0 saturated heterocycles. The van der Waals surface area contributed by atoms with E-state index in [-0.39, 0.29) is 5.91 Å². The minimum absolute atomic E-state index is 0.0146. The topological polar surface area (TPSA) is 48.7 Å². The van der Waals surface area contributed by atoms with Crippen LogP contribution in [0.2, 0.25) is 0 Å². The number of nitrogens with zero attached hydrogens (tertiary/aromatic N) is 2. The van der Waals surface area contributed by atoms with Gasteiger partial charge >= 0.3 is 0 Å². The molecular weight excluding hydrogens is 326 g/mol. The third-order valence-electron chi connectivity index (χ3n) is 4.93. The van der Waals surface area contributed by atoms with E-state index in [1.165, 1.54) is 5.56 Å². The first-order chi connectivity index (χ1) is 12.5. The fraction of sp³-hybridized carbons (Fsp3) is 0.476. The Hall–Kier alpha value is -2.11. The normalized spacial score (nSPS) is 14.5. The van der Waals surface area contributed by atoms with Crippen LogP contribution in [0.25, 0.3) is 0 Å². The van der Waals surface area contributed by atoms with Crippen LogP contribution in [-0.4, -0.2) is 56.0 Å². The summed E-state index contributed by atoms with van der Waals surface area (Å²) < 4.78 is 5.90. The first kappa shape index (κ1) is 18.7. The van der Waals surface area contributed by atoms with E-state index in [4.69, 9.17) is 4.42 Å². The van der Waals surface area contributed by atoms with Gasteiger partial charge in [0, 0.05) is 44.7 Å². The first-order valence-electron chi connectivity index (χ1n) is 9.35. The van der Waals surface area contributed by atoms with Crippen LogP contribution in [0, 0.1) is 6.92 Å². The van der Waals surface area contributed by atoms with Gasteiger partial charge in [0.2, 0.25) is 0 Å². The van der Waals surface area contributed by atoms with Crippen LogP contribution in [0.1, 0.15) is 33.0 Å². The number of fused-ring (bicyclic) bond motifs is 1. The maximum Gasteiger partial charge on any atom is 0.255 e. The molecule has 0 saturated carbocycles. The van der Waals surface area contributed by atoms with Gasteiger partial charge in [-0.05, 0) is 33.0 Å². The number of carbonyl (C=O) groups is 1. The number of hydrogen-bond acceptors (Lipinski definition) is 4. The summed E-state index contributed by atoms with van der Waals surface area (Å²) in [6.07, 6.45) is 1.90. The zero-order valence-corrected chi connectivity index (χ0v) is 16.0. The van der Waals surface area contributed by atoms with Gasteiger partial charge in [0.15, 0.2) is 0 Å². The van der Waals surface area contributed by atoms with Gasteiger partial charge in [0.25, 0.3) is 5.91 Å². The second kappa shape index (κ2) is 8.52. The second-order valence-corrected chi connectivity index (χ2v) is 7.26. The lowest BCUT2D eigenvalue weighted by Crippen LogP contribution is -2.35. The largest absolute Gasteiger partial charge is 0.465 e. The molecule has 1 aromatic heterocycles. The number of hydrogen-bond donors (Lipinski definition) is 1. The number of furan rings is 1. The van der Waals surface area contributed by atoms with Crippen molar-refractivity contribution in [1.29, 1.82) is 0 Å². The van der Waals surface area contributed by atoms with E-state index in [1.807, 2.05) is 27.1 Å². The molecule has 0 fully saturated rings. The molecule has 0 spiro atoms. The van der Waals surface area contributed by atoms with Crippen molar-refractivity contribution >= 4 is 5.91 Å². The van der Waals surface area contributed by atoms with Crippen molar-refractivity contribution in [3.05, 3.63) is 58.5 Å². The molecule has 1 N–H and O–H groups in total. The molecule has 1 aliphatic heterocycles. The lowest BCUT2D eigenvalue weighted by Gasteiger charge is -2.26. The summed E-state index contributed by atoms with van der Waals surface area (Å²) in [5.74, 6) is 1.71. The highest BCUT2D eigenvalue weighted by Crippen LogP contribution is 2.28. The maximum atomic E-state index is 12.7. The van der Waals surface area contributed by atoms with Gasteiger partial charge in [0.05, 0.1) is 5.56 Å². The summed E-state index contributed by atoms with van der Waals surface area (Å²) in [7, 11) is 4.00. The van der Waals surface area contributed by atoms with E-state index < -0.39 is 0 Å². The third-order valence-corrected chi connectivity index (χ3v) is 4.93.